The highest BCUT2D eigenvalue weighted by Crippen LogP contribution is 2.63. The lowest BCUT2D eigenvalue weighted by molar-refractivity contribution is 0.662. The van der Waals surface area contributed by atoms with Crippen molar-refractivity contribution in [2.75, 3.05) is 4.90 Å². The number of anilines is 3. The lowest BCUT2D eigenvalue weighted by atomic mass is 9.63. The van der Waals surface area contributed by atoms with Crippen LogP contribution in [0.1, 0.15) is 47.2 Å². The Bertz CT molecular complexity index is 3750. The minimum Gasteiger partial charge on any atom is -0.310 e. The number of hydrogen-bond acceptors (Lipinski definition) is 1. The monoisotopic (exact) mass is 840 g/mol. The summed E-state index contributed by atoms with van der Waals surface area (Å²) in [5.41, 5.74) is 24.6. The van der Waals surface area contributed by atoms with Crippen molar-refractivity contribution in [1.29, 1.82) is 0 Å². The molecule has 0 radical (unpaired) electrons. The standard InChI is InChI=1S/C64H44N2/c1-63(2)53-30-11-6-23-47(53)50-27-16-26-44(60(50)63)41-37-39-43(40-38-41)65(42-19-4-3-5-20-42)57-34-14-9-24-48(57)51-28-18-36-59-61(51)64(54-31-12-7-21-45(54)46-22-8-13-32-55(46)64)56-33-17-29-52-49-25-10-15-35-58(49)66(59)62(52)56/h3-40H,1-2H3. The molecule has 1 spiro atoms. The smallest absolute Gasteiger partial charge is 0.0760 e. The zero-order valence-corrected chi connectivity index (χ0v) is 36.8. The first-order chi connectivity index (χ1) is 32.5. The second-order valence-corrected chi connectivity index (χ2v) is 18.7. The molecule has 11 aromatic rings. The molecule has 10 aromatic carbocycles. The molecule has 0 saturated carbocycles. The minimum absolute atomic E-state index is 0.109. The van der Waals surface area contributed by atoms with Gasteiger partial charge in [0.1, 0.15) is 0 Å². The molecule has 3 aliphatic rings. The Morgan fingerprint density at radius 2 is 0.848 bits per heavy atom. The van der Waals surface area contributed by atoms with Crippen LogP contribution < -0.4 is 4.90 Å². The third-order valence-electron chi connectivity index (χ3n) is 15.2. The molecular weight excluding hydrogens is 797 g/mol. The van der Waals surface area contributed by atoms with Gasteiger partial charge >= 0.3 is 0 Å². The molecule has 0 fully saturated rings. The number of para-hydroxylation sites is 4. The number of benzene rings is 10. The van der Waals surface area contributed by atoms with Crippen molar-refractivity contribution in [1.82, 2.24) is 4.57 Å². The molecule has 0 unspecified atom stereocenters. The molecule has 0 N–H and O–H groups in total. The van der Waals surface area contributed by atoms with Gasteiger partial charge in [0.15, 0.2) is 0 Å². The van der Waals surface area contributed by atoms with Gasteiger partial charge in [0.2, 0.25) is 0 Å². The van der Waals surface area contributed by atoms with E-state index in [2.05, 4.69) is 254 Å². The molecule has 1 aliphatic heterocycles. The van der Waals surface area contributed by atoms with E-state index in [9.17, 15) is 0 Å². The summed E-state index contributed by atoms with van der Waals surface area (Å²) in [5, 5.41) is 2.56. The Labute approximate surface area is 385 Å². The predicted octanol–water partition coefficient (Wildman–Crippen LogP) is 16.6. The van der Waals surface area contributed by atoms with Gasteiger partial charge in [-0.25, -0.2) is 0 Å². The van der Waals surface area contributed by atoms with Crippen molar-refractivity contribution in [2.45, 2.75) is 24.7 Å². The van der Waals surface area contributed by atoms with Crippen LogP contribution >= 0.6 is 0 Å². The van der Waals surface area contributed by atoms with Crippen LogP contribution in [0.4, 0.5) is 17.1 Å². The molecule has 0 amide bonds. The molecule has 2 aliphatic carbocycles. The number of fused-ring (bicyclic) bond motifs is 15. The Kier molecular flexibility index (Phi) is 7.70. The summed E-state index contributed by atoms with van der Waals surface area (Å²) in [7, 11) is 0. The van der Waals surface area contributed by atoms with E-state index in [1.54, 1.807) is 0 Å². The summed E-state index contributed by atoms with van der Waals surface area (Å²) < 4.78 is 2.56. The van der Waals surface area contributed by atoms with Crippen molar-refractivity contribution in [3.8, 4) is 50.2 Å². The Balaban J connectivity index is 1.02. The van der Waals surface area contributed by atoms with E-state index in [4.69, 9.17) is 0 Å². The summed E-state index contributed by atoms with van der Waals surface area (Å²) in [6.45, 7) is 4.75. The first-order valence-corrected chi connectivity index (χ1v) is 23.2. The highest BCUT2D eigenvalue weighted by molar-refractivity contribution is 6.13. The van der Waals surface area contributed by atoms with Gasteiger partial charge in [-0.1, -0.05) is 202 Å². The van der Waals surface area contributed by atoms with E-state index < -0.39 is 5.41 Å². The maximum Gasteiger partial charge on any atom is 0.0760 e. The summed E-state index contributed by atoms with van der Waals surface area (Å²) in [4.78, 5) is 2.46. The molecule has 0 atom stereocenters. The molecule has 2 nitrogen and oxygen atoms in total. The fourth-order valence-corrected chi connectivity index (χ4v) is 12.6. The van der Waals surface area contributed by atoms with Crippen LogP contribution in [-0.4, -0.2) is 4.57 Å². The summed E-state index contributed by atoms with van der Waals surface area (Å²) >= 11 is 0. The van der Waals surface area contributed by atoms with E-state index >= 15 is 0 Å². The number of nitrogens with zero attached hydrogens (tertiary/aromatic N) is 2. The van der Waals surface area contributed by atoms with E-state index in [1.807, 2.05) is 0 Å². The van der Waals surface area contributed by atoms with Gasteiger partial charge in [-0.2, -0.15) is 0 Å². The second-order valence-electron chi connectivity index (χ2n) is 18.7. The van der Waals surface area contributed by atoms with E-state index in [-0.39, 0.29) is 5.41 Å². The summed E-state index contributed by atoms with van der Waals surface area (Å²) in [6.07, 6.45) is 0. The van der Waals surface area contributed by atoms with Crippen LogP contribution in [0.2, 0.25) is 0 Å². The average molecular weight is 841 g/mol. The number of aromatic nitrogens is 1. The van der Waals surface area contributed by atoms with Gasteiger partial charge in [0.05, 0.1) is 27.8 Å². The van der Waals surface area contributed by atoms with Crippen LogP contribution in [-0.2, 0) is 10.8 Å². The molecule has 14 rings (SSSR count). The molecule has 66 heavy (non-hydrogen) atoms. The molecule has 1 aromatic heterocycles. The van der Waals surface area contributed by atoms with Gasteiger partial charge < -0.3 is 9.47 Å². The topological polar surface area (TPSA) is 8.17 Å². The maximum absolute atomic E-state index is 2.56. The number of rotatable bonds is 5. The van der Waals surface area contributed by atoms with Gasteiger partial charge in [0.25, 0.3) is 0 Å². The normalized spacial score (nSPS) is 14.2. The fourth-order valence-electron chi connectivity index (χ4n) is 12.6. The summed E-state index contributed by atoms with van der Waals surface area (Å²) in [5.74, 6) is 0. The highest BCUT2D eigenvalue weighted by atomic mass is 15.1. The fraction of sp³-hybridized carbons (Fsp3) is 0.0625. The van der Waals surface area contributed by atoms with Crippen LogP contribution in [0.3, 0.4) is 0 Å². The lowest BCUT2D eigenvalue weighted by Gasteiger charge is -2.41. The maximum atomic E-state index is 2.56. The molecule has 310 valence electrons. The molecular formula is C64H44N2. The van der Waals surface area contributed by atoms with Crippen LogP contribution in [0.5, 0.6) is 0 Å². The molecule has 2 heterocycles. The lowest BCUT2D eigenvalue weighted by Crippen LogP contribution is -2.34. The quantitative estimate of drug-likeness (QED) is 0.168. The van der Waals surface area contributed by atoms with E-state index in [1.165, 1.54) is 105 Å². The van der Waals surface area contributed by atoms with Crippen molar-refractivity contribution < 1.29 is 0 Å². The van der Waals surface area contributed by atoms with Crippen LogP contribution in [0, 0.1) is 0 Å². The Morgan fingerprint density at radius 1 is 0.348 bits per heavy atom. The van der Waals surface area contributed by atoms with Crippen LogP contribution in [0.25, 0.3) is 72.0 Å². The zero-order chi connectivity index (χ0) is 43.7. The van der Waals surface area contributed by atoms with Crippen molar-refractivity contribution in [3.63, 3.8) is 0 Å². The van der Waals surface area contributed by atoms with Crippen LogP contribution in [0.15, 0.2) is 231 Å². The van der Waals surface area contributed by atoms with Crippen molar-refractivity contribution in [2.24, 2.45) is 0 Å². The second kappa shape index (κ2) is 13.7. The largest absolute Gasteiger partial charge is 0.310 e. The third-order valence-corrected chi connectivity index (χ3v) is 15.2. The molecule has 2 heteroatoms. The first-order valence-electron chi connectivity index (χ1n) is 23.2. The highest BCUT2D eigenvalue weighted by Gasteiger charge is 2.52. The summed E-state index contributed by atoms with van der Waals surface area (Å²) in [6, 6.07) is 86.2. The van der Waals surface area contributed by atoms with E-state index in [0.717, 1.165) is 17.1 Å². The van der Waals surface area contributed by atoms with E-state index in [0.29, 0.717) is 0 Å². The Hall–Kier alpha value is -8.20. The van der Waals surface area contributed by atoms with Gasteiger partial charge in [-0.15, -0.1) is 0 Å². The Morgan fingerprint density at radius 3 is 1.59 bits per heavy atom. The zero-order valence-electron chi connectivity index (χ0n) is 36.8. The van der Waals surface area contributed by atoms with Gasteiger partial charge in [0, 0.05) is 38.7 Å². The first kappa shape index (κ1) is 37.2. The number of hydrogen-bond donors (Lipinski definition) is 0. The third kappa shape index (κ3) is 4.80. The van der Waals surface area contributed by atoms with Gasteiger partial charge in [-0.3, -0.25) is 0 Å². The molecule has 0 bridgehead atoms. The predicted molar refractivity (Wildman–Crippen MR) is 275 cm³/mol. The minimum atomic E-state index is -0.585. The van der Waals surface area contributed by atoms with Crippen molar-refractivity contribution in [3.05, 3.63) is 264 Å². The SMILES string of the molecule is CC1(C)c2ccccc2-c2cccc(-c3ccc(N(c4ccccc4)c4ccccc4-c4cccc5c4C4(c6ccccc6-c6ccccc64)c4cccc6c7ccccc7n-5c46)cc3)c21. The average Bonchev–Trinajstić information content (AvgIpc) is 3.96. The molecule has 0 saturated heterocycles. The van der Waals surface area contributed by atoms with Crippen molar-refractivity contribution >= 4 is 38.9 Å². The van der Waals surface area contributed by atoms with Gasteiger partial charge in [-0.05, 0) is 109 Å².